The summed E-state index contributed by atoms with van der Waals surface area (Å²) in [4.78, 5) is 30.5. The predicted molar refractivity (Wildman–Crippen MR) is 145 cm³/mol. The van der Waals surface area contributed by atoms with Gasteiger partial charge in [-0.2, -0.15) is 0 Å². The molecule has 8 heteroatoms. The molecular weight excluding hydrogens is 500 g/mol. The van der Waals surface area contributed by atoms with Gasteiger partial charge in [-0.15, -0.1) is 0 Å². The molecule has 2 aliphatic rings. The molecule has 0 spiro atoms. The van der Waals surface area contributed by atoms with E-state index in [2.05, 4.69) is 12.1 Å². The molecule has 0 fully saturated rings. The summed E-state index contributed by atoms with van der Waals surface area (Å²) < 4.78 is 13.4. The number of allylic oxidation sites excluding steroid dienone is 1. The molecule has 0 unspecified atom stereocenters. The first-order chi connectivity index (χ1) is 18.5. The molecule has 0 saturated heterocycles. The molecule has 7 nitrogen and oxygen atoms in total. The topological polar surface area (TPSA) is 90.1 Å². The number of nitrogens with zero attached hydrogens (tertiary/aromatic N) is 2. The Hall–Kier alpha value is -4.43. The van der Waals surface area contributed by atoms with E-state index in [4.69, 9.17) is 19.6 Å². The minimum Gasteiger partial charge on any atom is -0.496 e. The molecule has 190 valence electrons. The summed E-state index contributed by atoms with van der Waals surface area (Å²) in [6.45, 7) is -0.433. The molecule has 1 atom stereocenters. The van der Waals surface area contributed by atoms with E-state index in [0.29, 0.717) is 15.1 Å². The first-order valence-corrected chi connectivity index (χ1v) is 13.1. The van der Waals surface area contributed by atoms with Gasteiger partial charge in [0.25, 0.3) is 5.56 Å². The van der Waals surface area contributed by atoms with Crippen LogP contribution in [0.1, 0.15) is 34.7 Å². The molecule has 4 aromatic rings. The monoisotopic (exact) mass is 524 g/mol. The third-order valence-electron chi connectivity index (χ3n) is 6.82. The van der Waals surface area contributed by atoms with Crippen LogP contribution in [0.4, 0.5) is 0 Å². The Bertz CT molecular complexity index is 1780. The zero-order valence-corrected chi connectivity index (χ0v) is 21.4. The first kappa shape index (κ1) is 23.9. The molecule has 1 aliphatic heterocycles. The van der Waals surface area contributed by atoms with Gasteiger partial charge in [-0.25, -0.2) is 9.79 Å². The summed E-state index contributed by atoms with van der Waals surface area (Å²) in [7, 11) is 1.65. The number of carboxylic acids is 1. The average Bonchev–Trinajstić information content (AvgIpc) is 3.25. The number of aryl methyl sites for hydroxylation is 1. The molecule has 1 aliphatic carbocycles. The maximum Gasteiger partial charge on any atom is 0.341 e. The highest BCUT2D eigenvalue weighted by Gasteiger charge is 2.33. The van der Waals surface area contributed by atoms with Gasteiger partial charge in [0.15, 0.2) is 11.4 Å². The number of benzene rings is 3. The molecule has 3 aromatic carbocycles. The number of aliphatic carboxylic acids is 1. The molecule has 1 aromatic heterocycles. The van der Waals surface area contributed by atoms with Gasteiger partial charge in [0, 0.05) is 11.1 Å². The van der Waals surface area contributed by atoms with Crippen LogP contribution in [0.2, 0.25) is 0 Å². The van der Waals surface area contributed by atoms with Gasteiger partial charge in [-0.3, -0.25) is 9.36 Å². The van der Waals surface area contributed by atoms with Crippen molar-refractivity contribution >= 4 is 29.1 Å². The second-order valence-electron chi connectivity index (χ2n) is 9.11. The van der Waals surface area contributed by atoms with Crippen LogP contribution in [0.25, 0.3) is 11.8 Å². The second-order valence-corrected chi connectivity index (χ2v) is 10.1. The lowest BCUT2D eigenvalue weighted by Gasteiger charge is -2.31. The van der Waals surface area contributed by atoms with Gasteiger partial charge in [0.1, 0.15) is 11.5 Å². The molecule has 0 saturated carbocycles. The van der Waals surface area contributed by atoms with E-state index >= 15 is 0 Å². The number of thiazole rings is 1. The number of para-hydroxylation sites is 1. The number of methoxy groups -OCH3 is 1. The van der Waals surface area contributed by atoms with Crippen LogP contribution in [-0.2, 0) is 11.2 Å². The van der Waals surface area contributed by atoms with Crippen molar-refractivity contribution in [2.45, 2.75) is 18.9 Å². The number of fused-ring (bicyclic) bond motifs is 3. The Balaban J connectivity index is 1.55. The van der Waals surface area contributed by atoms with E-state index in [1.165, 1.54) is 16.9 Å². The number of hydrogen-bond donors (Lipinski definition) is 1. The zero-order chi connectivity index (χ0) is 26.2. The van der Waals surface area contributed by atoms with Gasteiger partial charge in [-0.1, -0.05) is 65.9 Å². The third kappa shape index (κ3) is 4.22. The van der Waals surface area contributed by atoms with Gasteiger partial charge in [0.05, 0.1) is 23.4 Å². The second kappa shape index (κ2) is 9.79. The Morgan fingerprint density at radius 2 is 1.92 bits per heavy atom. The van der Waals surface area contributed by atoms with E-state index < -0.39 is 12.6 Å². The summed E-state index contributed by atoms with van der Waals surface area (Å²) in [6, 6.07) is 22.8. The Morgan fingerprint density at radius 3 is 2.76 bits per heavy atom. The molecule has 6 rings (SSSR count). The van der Waals surface area contributed by atoms with E-state index in [1.807, 2.05) is 42.5 Å². The number of carbonyl (C=O) groups is 1. The van der Waals surface area contributed by atoms with Crippen molar-refractivity contribution in [3.63, 3.8) is 0 Å². The van der Waals surface area contributed by atoms with Crippen LogP contribution in [0, 0.1) is 0 Å². The van der Waals surface area contributed by atoms with Gasteiger partial charge in [-0.05, 0) is 53.8 Å². The Labute approximate surface area is 222 Å². The molecular formula is C30H24N2O5S. The normalized spacial score (nSPS) is 16.2. The van der Waals surface area contributed by atoms with Crippen molar-refractivity contribution in [2.24, 2.45) is 4.99 Å². The van der Waals surface area contributed by atoms with Crippen molar-refractivity contribution in [3.05, 3.63) is 120 Å². The fourth-order valence-corrected chi connectivity index (χ4v) is 6.18. The van der Waals surface area contributed by atoms with Crippen molar-refractivity contribution < 1.29 is 19.4 Å². The Morgan fingerprint density at radius 1 is 1.11 bits per heavy atom. The van der Waals surface area contributed by atoms with Crippen molar-refractivity contribution in [3.8, 4) is 11.5 Å². The lowest BCUT2D eigenvalue weighted by Crippen LogP contribution is -2.39. The van der Waals surface area contributed by atoms with Crippen LogP contribution < -0.4 is 24.4 Å². The number of rotatable bonds is 6. The molecule has 2 heterocycles. The highest BCUT2D eigenvalue weighted by Crippen LogP contribution is 2.43. The zero-order valence-electron chi connectivity index (χ0n) is 20.6. The summed E-state index contributed by atoms with van der Waals surface area (Å²) >= 11 is 1.34. The fourth-order valence-electron chi connectivity index (χ4n) is 5.18. The Kier molecular flexibility index (Phi) is 6.17. The van der Waals surface area contributed by atoms with Crippen LogP contribution in [0.3, 0.4) is 0 Å². The highest BCUT2D eigenvalue weighted by molar-refractivity contribution is 7.07. The van der Waals surface area contributed by atoms with E-state index in [0.717, 1.165) is 46.6 Å². The lowest BCUT2D eigenvalue weighted by atomic mass is 9.83. The largest absolute Gasteiger partial charge is 0.496 e. The number of hydrogen-bond acceptors (Lipinski definition) is 6. The van der Waals surface area contributed by atoms with E-state index in [9.17, 15) is 9.59 Å². The van der Waals surface area contributed by atoms with E-state index in [1.54, 1.807) is 36.0 Å². The smallest absolute Gasteiger partial charge is 0.341 e. The van der Waals surface area contributed by atoms with Gasteiger partial charge < -0.3 is 14.6 Å². The quantitative estimate of drug-likeness (QED) is 0.415. The van der Waals surface area contributed by atoms with Crippen LogP contribution in [0.15, 0.2) is 88.2 Å². The minimum absolute atomic E-state index is 0.132. The van der Waals surface area contributed by atoms with Gasteiger partial charge in [0.2, 0.25) is 0 Å². The van der Waals surface area contributed by atoms with Crippen molar-refractivity contribution in [1.29, 1.82) is 0 Å². The maximum absolute atomic E-state index is 13.9. The fraction of sp³-hybridized carbons (Fsp3) is 0.167. The first-order valence-electron chi connectivity index (χ1n) is 12.2. The van der Waals surface area contributed by atoms with Gasteiger partial charge >= 0.3 is 5.97 Å². The number of carboxylic acid groups (broad SMARTS) is 1. The summed E-state index contributed by atoms with van der Waals surface area (Å²) in [5.41, 5.74) is 5.93. The molecule has 38 heavy (non-hydrogen) atoms. The number of ether oxygens (including phenoxy) is 2. The van der Waals surface area contributed by atoms with E-state index in [-0.39, 0.29) is 11.6 Å². The number of aromatic nitrogens is 1. The third-order valence-corrected chi connectivity index (χ3v) is 7.81. The maximum atomic E-state index is 13.9. The molecule has 1 N–H and O–H groups in total. The van der Waals surface area contributed by atoms with Crippen LogP contribution in [-0.4, -0.2) is 29.4 Å². The summed E-state index contributed by atoms with van der Waals surface area (Å²) in [5.74, 6) is 0.0986. The van der Waals surface area contributed by atoms with Crippen molar-refractivity contribution in [1.82, 2.24) is 4.57 Å². The molecule has 0 radical (unpaired) electrons. The van der Waals surface area contributed by atoms with Crippen LogP contribution >= 0.6 is 11.3 Å². The summed E-state index contributed by atoms with van der Waals surface area (Å²) in [5, 5.41) is 8.92. The predicted octanol–water partition coefficient (Wildman–Crippen LogP) is 3.79. The molecule has 0 bridgehead atoms. The minimum atomic E-state index is -1.05. The van der Waals surface area contributed by atoms with Crippen LogP contribution in [0.5, 0.6) is 11.5 Å². The van der Waals surface area contributed by atoms with Crippen molar-refractivity contribution in [2.75, 3.05) is 13.7 Å². The average molecular weight is 525 g/mol. The summed E-state index contributed by atoms with van der Waals surface area (Å²) in [6.07, 6.45) is 3.47. The lowest BCUT2D eigenvalue weighted by molar-refractivity contribution is -0.139. The molecule has 0 amide bonds. The highest BCUT2D eigenvalue weighted by atomic mass is 32.1. The standard InChI is InChI=1S/C30H24N2O5S/c1-36-24-12-5-4-11-22(24)28-23-14-13-19-8-2-3-10-21(19)27(23)31-30-32(28)29(35)25(38-30)16-18-7-6-9-20(15-18)37-17-26(33)34/h2-12,15-16,28H,13-14,17H2,1H3,(H,33,34)/b25-16-/t28-/m1/s1. The SMILES string of the molecule is COc1ccccc1[C@@H]1C2=C(N=c3s/c(=C\c4cccc(OCC(=O)O)c4)c(=O)n31)c1ccccc1CC2.